The molecule has 0 saturated heterocycles. The smallest absolute Gasteiger partial charge is 0.262 e. The van der Waals surface area contributed by atoms with Gasteiger partial charge in [0.25, 0.3) is 5.56 Å². The van der Waals surface area contributed by atoms with Gasteiger partial charge in [-0.1, -0.05) is 78.9 Å². The van der Waals surface area contributed by atoms with Crippen molar-refractivity contribution in [1.29, 1.82) is 0 Å². The first-order valence-corrected chi connectivity index (χ1v) is 11.0. The SMILES string of the molecule is Cc1nc2ccc(Cc3ccc(F)cc3)cc2c(=O)n1C(c1ccccc1)c1ccccc1. The summed E-state index contributed by atoms with van der Waals surface area (Å²) in [7, 11) is 0. The maximum Gasteiger partial charge on any atom is 0.262 e. The zero-order valence-electron chi connectivity index (χ0n) is 18.3. The second-order valence-corrected chi connectivity index (χ2v) is 8.21. The van der Waals surface area contributed by atoms with Gasteiger partial charge in [-0.3, -0.25) is 9.36 Å². The van der Waals surface area contributed by atoms with E-state index in [1.807, 2.05) is 85.8 Å². The number of halogens is 1. The molecule has 1 heterocycles. The molecule has 0 radical (unpaired) electrons. The Morgan fingerprint density at radius 2 is 1.36 bits per heavy atom. The molecule has 1 aromatic heterocycles. The largest absolute Gasteiger partial charge is 0.285 e. The third-order valence-electron chi connectivity index (χ3n) is 5.95. The summed E-state index contributed by atoms with van der Waals surface area (Å²) in [4.78, 5) is 18.6. The van der Waals surface area contributed by atoms with Gasteiger partial charge in [0, 0.05) is 0 Å². The lowest BCUT2D eigenvalue weighted by atomic mass is 9.97. The van der Waals surface area contributed by atoms with Gasteiger partial charge in [0.05, 0.1) is 16.9 Å². The van der Waals surface area contributed by atoms with Gasteiger partial charge in [-0.05, 0) is 59.9 Å². The minimum atomic E-state index is -0.280. The topological polar surface area (TPSA) is 34.9 Å². The predicted octanol–water partition coefficient (Wildman–Crippen LogP) is 6.07. The normalized spacial score (nSPS) is 11.2. The van der Waals surface area contributed by atoms with Gasteiger partial charge in [-0.2, -0.15) is 0 Å². The van der Waals surface area contributed by atoms with E-state index in [2.05, 4.69) is 0 Å². The fraction of sp³-hybridized carbons (Fsp3) is 0.103. The molecule has 3 nitrogen and oxygen atoms in total. The summed E-state index contributed by atoms with van der Waals surface area (Å²) < 4.78 is 15.1. The molecule has 5 rings (SSSR count). The Kier molecular flexibility index (Phi) is 5.57. The molecule has 5 aromatic rings. The second kappa shape index (κ2) is 8.83. The molecule has 0 atom stereocenters. The van der Waals surface area contributed by atoms with E-state index in [1.165, 1.54) is 12.1 Å². The number of benzene rings is 4. The van der Waals surface area contributed by atoms with Crippen molar-refractivity contribution in [3.05, 3.63) is 147 Å². The molecule has 0 aliphatic carbocycles. The Morgan fingerprint density at radius 1 is 0.788 bits per heavy atom. The first kappa shape index (κ1) is 20.8. The molecule has 162 valence electrons. The summed E-state index contributed by atoms with van der Waals surface area (Å²) in [5.41, 5.74) is 4.63. The molecular weight excluding hydrogens is 411 g/mol. The minimum Gasteiger partial charge on any atom is -0.285 e. The summed E-state index contributed by atoms with van der Waals surface area (Å²) >= 11 is 0. The lowest BCUT2D eigenvalue weighted by Crippen LogP contribution is -2.29. The summed E-state index contributed by atoms with van der Waals surface area (Å²) in [6.45, 7) is 1.88. The van der Waals surface area contributed by atoms with Crippen LogP contribution in [0.5, 0.6) is 0 Å². The van der Waals surface area contributed by atoms with Crippen LogP contribution in [0.15, 0.2) is 108 Å². The van der Waals surface area contributed by atoms with Crippen molar-refractivity contribution >= 4 is 10.9 Å². The molecule has 0 aliphatic heterocycles. The highest BCUT2D eigenvalue weighted by Crippen LogP contribution is 2.27. The van der Waals surface area contributed by atoms with Gasteiger partial charge in [-0.25, -0.2) is 9.37 Å². The predicted molar refractivity (Wildman–Crippen MR) is 130 cm³/mol. The summed E-state index contributed by atoms with van der Waals surface area (Å²) in [5, 5.41) is 0.581. The average Bonchev–Trinajstić information content (AvgIpc) is 2.85. The lowest BCUT2D eigenvalue weighted by molar-refractivity contribution is 0.619. The highest BCUT2D eigenvalue weighted by atomic mass is 19.1. The van der Waals surface area contributed by atoms with E-state index in [9.17, 15) is 9.18 Å². The van der Waals surface area contributed by atoms with E-state index in [0.717, 1.165) is 22.3 Å². The third kappa shape index (κ3) is 4.20. The molecule has 0 amide bonds. The fourth-order valence-corrected chi connectivity index (χ4v) is 4.37. The summed E-state index contributed by atoms with van der Waals surface area (Å²) in [6.07, 6.45) is 0.615. The molecule has 0 spiro atoms. The molecule has 0 bridgehead atoms. The zero-order chi connectivity index (χ0) is 22.8. The van der Waals surface area contributed by atoms with Crippen molar-refractivity contribution in [1.82, 2.24) is 9.55 Å². The van der Waals surface area contributed by atoms with Gasteiger partial charge in [0.2, 0.25) is 0 Å². The number of aromatic nitrogens is 2. The Balaban J connectivity index is 1.66. The monoisotopic (exact) mass is 434 g/mol. The average molecular weight is 435 g/mol. The Morgan fingerprint density at radius 3 is 1.97 bits per heavy atom. The molecular formula is C29H23FN2O. The molecule has 4 aromatic carbocycles. The number of hydrogen-bond donors (Lipinski definition) is 0. The minimum absolute atomic E-state index is 0.0730. The van der Waals surface area contributed by atoms with Gasteiger partial charge in [0.15, 0.2) is 0 Å². The Hall–Kier alpha value is -4.05. The van der Waals surface area contributed by atoms with Gasteiger partial charge in [0.1, 0.15) is 11.6 Å². The summed E-state index contributed by atoms with van der Waals surface area (Å²) in [5.74, 6) is 0.407. The molecule has 0 fully saturated rings. The van der Waals surface area contributed by atoms with E-state index < -0.39 is 0 Å². The van der Waals surface area contributed by atoms with E-state index in [0.29, 0.717) is 23.1 Å². The van der Waals surface area contributed by atoms with Crippen molar-refractivity contribution in [2.75, 3.05) is 0 Å². The number of hydrogen-bond acceptors (Lipinski definition) is 2. The van der Waals surface area contributed by atoms with E-state index in [1.54, 1.807) is 16.7 Å². The van der Waals surface area contributed by atoms with Crippen LogP contribution < -0.4 is 5.56 Å². The fourth-order valence-electron chi connectivity index (χ4n) is 4.37. The van der Waals surface area contributed by atoms with Crippen LogP contribution >= 0.6 is 0 Å². The van der Waals surface area contributed by atoms with Crippen molar-refractivity contribution in [2.24, 2.45) is 0 Å². The Bertz CT molecular complexity index is 1420. The van der Waals surface area contributed by atoms with Crippen molar-refractivity contribution in [3.8, 4) is 0 Å². The van der Waals surface area contributed by atoms with Gasteiger partial charge in [-0.15, -0.1) is 0 Å². The second-order valence-electron chi connectivity index (χ2n) is 8.21. The molecule has 33 heavy (non-hydrogen) atoms. The highest BCUT2D eigenvalue weighted by molar-refractivity contribution is 5.78. The first-order chi connectivity index (χ1) is 16.1. The standard InChI is InChI=1S/C29H23FN2O/c1-20-31-27-17-14-22(18-21-12-15-25(30)16-13-21)19-26(27)29(33)32(20)28(23-8-4-2-5-9-23)24-10-6-3-7-11-24/h2-17,19,28H,18H2,1H3. The summed E-state index contributed by atoms with van der Waals surface area (Å²) in [6, 6.07) is 32.0. The Labute approximate surface area is 191 Å². The maximum atomic E-state index is 13.9. The van der Waals surface area contributed by atoms with Crippen LogP contribution in [0.2, 0.25) is 0 Å². The molecule has 0 N–H and O–H groups in total. The van der Waals surface area contributed by atoms with Crippen molar-refractivity contribution in [3.63, 3.8) is 0 Å². The number of aryl methyl sites for hydroxylation is 1. The van der Waals surface area contributed by atoms with E-state index >= 15 is 0 Å². The van der Waals surface area contributed by atoms with Crippen molar-refractivity contribution in [2.45, 2.75) is 19.4 Å². The van der Waals surface area contributed by atoms with Gasteiger partial charge < -0.3 is 0 Å². The number of fused-ring (bicyclic) bond motifs is 1. The van der Waals surface area contributed by atoms with Crippen LogP contribution in [0.4, 0.5) is 4.39 Å². The maximum absolute atomic E-state index is 13.9. The first-order valence-electron chi connectivity index (χ1n) is 11.0. The highest BCUT2D eigenvalue weighted by Gasteiger charge is 2.21. The lowest BCUT2D eigenvalue weighted by Gasteiger charge is -2.23. The van der Waals surface area contributed by atoms with Crippen LogP contribution in [0, 0.1) is 12.7 Å². The number of rotatable bonds is 5. The molecule has 0 unspecified atom stereocenters. The van der Waals surface area contributed by atoms with Crippen LogP contribution in [0.1, 0.15) is 34.1 Å². The van der Waals surface area contributed by atoms with E-state index in [-0.39, 0.29) is 17.4 Å². The van der Waals surface area contributed by atoms with Crippen LogP contribution in [0.25, 0.3) is 10.9 Å². The molecule has 0 aliphatic rings. The molecule has 0 saturated carbocycles. The van der Waals surface area contributed by atoms with Crippen LogP contribution in [-0.4, -0.2) is 9.55 Å². The van der Waals surface area contributed by atoms with Crippen LogP contribution in [0.3, 0.4) is 0 Å². The van der Waals surface area contributed by atoms with Crippen molar-refractivity contribution < 1.29 is 4.39 Å². The third-order valence-corrected chi connectivity index (χ3v) is 5.95. The van der Waals surface area contributed by atoms with Crippen LogP contribution in [-0.2, 0) is 6.42 Å². The quantitative estimate of drug-likeness (QED) is 0.336. The zero-order valence-corrected chi connectivity index (χ0v) is 18.3. The van der Waals surface area contributed by atoms with Gasteiger partial charge >= 0.3 is 0 Å². The van der Waals surface area contributed by atoms with E-state index in [4.69, 9.17) is 4.98 Å². The molecule has 4 heteroatoms. The number of nitrogens with zero attached hydrogens (tertiary/aromatic N) is 2.